The first kappa shape index (κ1) is 13.0. The van der Waals surface area contributed by atoms with Gasteiger partial charge in [0.25, 0.3) is 0 Å². The second-order valence-electron chi connectivity index (χ2n) is 6.41. The van der Waals surface area contributed by atoms with Crippen LogP contribution in [-0.4, -0.2) is 19.6 Å². The summed E-state index contributed by atoms with van der Waals surface area (Å²) in [5.74, 6) is 0.119. The van der Waals surface area contributed by atoms with Gasteiger partial charge in [-0.2, -0.15) is 0 Å². The maximum Gasteiger partial charge on any atom is 0.101 e. The molecule has 0 unspecified atom stereocenters. The largest absolute Gasteiger partial charge is 0.386 e. The first-order valence-electron chi connectivity index (χ1n) is 8.07. The number of aromatic nitrogens is 3. The maximum atomic E-state index is 11.0. The highest BCUT2D eigenvalue weighted by molar-refractivity contribution is 5.69. The van der Waals surface area contributed by atoms with E-state index in [2.05, 4.69) is 44.9 Å². The van der Waals surface area contributed by atoms with Crippen molar-refractivity contribution in [3.05, 3.63) is 71.9 Å². The molecule has 1 aliphatic heterocycles. The van der Waals surface area contributed by atoms with E-state index >= 15 is 0 Å². The molecule has 3 aromatic rings. The molecule has 3 heterocycles. The third-order valence-electron chi connectivity index (χ3n) is 5.29. The van der Waals surface area contributed by atoms with Crippen molar-refractivity contribution in [2.24, 2.45) is 5.92 Å². The molecule has 0 spiro atoms. The smallest absolute Gasteiger partial charge is 0.101 e. The molecule has 3 atom stereocenters. The van der Waals surface area contributed by atoms with Crippen molar-refractivity contribution in [3.8, 4) is 11.3 Å². The molecule has 2 aliphatic rings. The zero-order valence-electron chi connectivity index (χ0n) is 12.6. The summed E-state index contributed by atoms with van der Waals surface area (Å²) in [6.07, 6.45) is 6.96. The number of pyridine rings is 1. The number of imidazole rings is 1. The molecule has 2 aromatic heterocycles. The van der Waals surface area contributed by atoms with E-state index in [-0.39, 0.29) is 12.0 Å². The average Bonchev–Trinajstić information content (AvgIpc) is 3.17. The van der Waals surface area contributed by atoms with Crippen LogP contribution in [0.4, 0.5) is 0 Å². The molecule has 0 radical (unpaired) electrons. The van der Waals surface area contributed by atoms with Gasteiger partial charge in [-0.15, -0.1) is 0 Å². The molecule has 0 amide bonds. The Morgan fingerprint density at radius 1 is 1.13 bits per heavy atom. The van der Waals surface area contributed by atoms with Crippen molar-refractivity contribution in [2.45, 2.75) is 25.0 Å². The molecule has 114 valence electrons. The molecule has 1 N–H and O–H groups in total. The summed E-state index contributed by atoms with van der Waals surface area (Å²) < 4.78 is 2.21. The van der Waals surface area contributed by atoms with Crippen LogP contribution in [0.3, 0.4) is 0 Å². The first-order valence-corrected chi connectivity index (χ1v) is 8.07. The molecule has 4 heteroatoms. The average molecular weight is 303 g/mol. The summed E-state index contributed by atoms with van der Waals surface area (Å²) in [5.41, 5.74) is 5.68. The minimum absolute atomic E-state index is 0.119. The van der Waals surface area contributed by atoms with Crippen LogP contribution in [0.2, 0.25) is 0 Å². The monoisotopic (exact) mass is 303 g/mol. The zero-order chi connectivity index (χ0) is 15.4. The highest BCUT2D eigenvalue weighted by atomic mass is 16.3. The molecule has 0 fully saturated rings. The Balaban J connectivity index is 1.64. The van der Waals surface area contributed by atoms with E-state index in [9.17, 15) is 5.11 Å². The number of fused-ring (bicyclic) bond motifs is 4. The van der Waals surface area contributed by atoms with E-state index in [0.717, 1.165) is 24.2 Å². The highest BCUT2D eigenvalue weighted by Gasteiger charge is 2.40. The number of rotatable bonds is 1. The number of aliphatic hydroxyl groups is 1. The first-order chi connectivity index (χ1) is 11.3. The summed E-state index contributed by atoms with van der Waals surface area (Å²) in [4.78, 5) is 8.77. The van der Waals surface area contributed by atoms with Crippen LogP contribution in [0, 0.1) is 5.92 Å². The quantitative estimate of drug-likeness (QED) is 0.751. The van der Waals surface area contributed by atoms with Crippen LogP contribution in [0.25, 0.3) is 11.3 Å². The molecule has 0 bridgehead atoms. The number of hydrogen-bond donors (Lipinski definition) is 1. The Hall–Kier alpha value is -2.46. The van der Waals surface area contributed by atoms with Crippen LogP contribution in [0.15, 0.2) is 55.1 Å². The van der Waals surface area contributed by atoms with Gasteiger partial charge in [0.2, 0.25) is 0 Å². The maximum absolute atomic E-state index is 11.0. The second-order valence-corrected chi connectivity index (χ2v) is 6.41. The van der Waals surface area contributed by atoms with Gasteiger partial charge < -0.3 is 9.67 Å². The topological polar surface area (TPSA) is 50.9 Å². The van der Waals surface area contributed by atoms with Gasteiger partial charge in [0.15, 0.2) is 0 Å². The van der Waals surface area contributed by atoms with Crippen molar-refractivity contribution >= 4 is 0 Å². The van der Waals surface area contributed by atoms with Crippen molar-refractivity contribution in [1.29, 1.82) is 0 Å². The number of aryl methyl sites for hydroxylation is 1. The van der Waals surface area contributed by atoms with Gasteiger partial charge in [-0.05, 0) is 30.0 Å². The number of aliphatic hydroxyl groups excluding tert-OH is 1. The van der Waals surface area contributed by atoms with Crippen LogP contribution in [0.1, 0.15) is 35.4 Å². The fourth-order valence-electron chi connectivity index (χ4n) is 4.25. The van der Waals surface area contributed by atoms with Gasteiger partial charge in [-0.25, -0.2) is 4.98 Å². The Morgan fingerprint density at radius 3 is 3.00 bits per heavy atom. The normalized spacial score (nSPS) is 24.8. The third kappa shape index (κ3) is 1.75. The van der Waals surface area contributed by atoms with Crippen molar-refractivity contribution in [2.75, 3.05) is 0 Å². The van der Waals surface area contributed by atoms with Gasteiger partial charge in [0.05, 0.1) is 30.0 Å². The molecule has 4 nitrogen and oxygen atoms in total. The molecule has 0 saturated carbocycles. The molecule has 5 rings (SSSR count). The van der Waals surface area contributed by atoms with Gasteiger partial charge in [0, 0.05) is 17.7 Å². The predicted octanol–water partition coefficient (Wildman–Crippen LogP) is 3.14. The van der Waals surface area contributed by atoms with E-state index in [1.165, 1.54) is 16.7 Å². The molecule has 1 aliphatic carbocycles. The Bertz CT molecular complexity index is 886. The predicted molar refractivity (Wildman–Crippen MR) is 86.8 cm³/mol. The van der Waals surface area contributed by atoms with E-state index in [4.69, 9.17) is 0 Å². The lowest BCUT2D eigenvalue weighted by Gasteiger charge is -2.34. The Labute approximate surface area is 134 Å². The van der Waals surface area contributed by atoms with Crippen LogP contribution >= 0.6 is 0 Å². The minimum atomic E-state index is -0.536. The van der Waals surface area contributed by atoms with Crippen LogP contribution < -0.4 is 0 Å². The van der Waals surface area contributed by atoms with Crippen LogP contribution in [-0.2, 0) is 6.42 Å². The summed E-state index contributed by atoms with van der Waals surface area (Å²) in [5, 5.41) is 11.0. The number of hydrogen-bond acceptors (Lipinski definition) is 3. The van der Waals surface area contributed by atoms with E-state index in [1.807, 2.05) is 18.6 Å². The van der Waals surface area contributed by atoms with E-state index in [0.29, 0.717) is 0 Å². The standard InChI is InChI=1S/C19H17N3O/c23-19-15(8-7-12-4-3-9-21-17(12)19)18-14-6-2-1-5-13(14)16-10-20-11-22(16)18/h1-6,9-11,15,18-19,23H,7-8H2/t15-,18+,19+/m1/s1. The second kappa shape index (κ2) is 4.77. The Kier molecular flexibility index (Phi) is 2.70. The SMILES string of the molecule is O[C@@H]1c2ncccc2CC[C@@H]1[C@@H]1c2ccccc2-c2cncn21. The number of benzene rings is 1. The lowest BCUT2D eigenvalue weighted by Crippen LogP contribution is -2.29. The third-order valence-corrected chi connectivity index (χ3v) is 5.29. The summed E-state index contributed by atoms with van der Waals surface area (Å²) >= 11 is 0. The molecule has 0 saturated heterocycles. The molecular weight excluding hydrogens is 286 g/mol. The van der Waals surface area contributed by atoms with Gasteiger partial charge in [-0.3, -0.25) is 4.98 Å². The van der Waals surface area contributed by atoms with Crippen molar-refractivity contribution in [3.63, 3.8) is 0 Å². The Morgan fingerprint density at radius 2 is 2.04 bits per heavy atom. The van der Waals surface area contributed by atoms with Crippen molar-refractivity contribution in [1.82, 2.24) is 14.5 Å². The molecule has 1 aromatic carbocycles. The summed E-state index contributed by atoms with van der Waals surface area (Å²) in [7, 11) is 0. The van der Waals surface area contributed by atoms with Gasteiger partial charge in [0.1, 0.15) is 6.10 Å². The highest BCUT2D eigenvalue weighted by Crippen LogP contribution is 2.49. The summed E-state index contributed by atoms with van der Waals surface area (Å²) in [6, 6.07) is 12.6. The van der Waals surface area contributed by atoms with E-state index < -0.39 is 6.10 Å². The van der Waals surface area contributed by atoms with Gasteiger partial charge >= 0.3 is 0 Å². The summed E-state index contributed by atoms with van der Waals surface area (Å²) in [6.45, 7) is 0. The molecular formula is C19H17N3O. The lowest BCUT2D eigenvalue weighted by molar-refractivity contribution is 0.0679. The molecule has 23 heavy (non-hydrogen) atoms. The minimum Gasteiger partial charge on any atom is -0.386 e. The van der Waals surface area contributed by atoms with E-state index in [1.54, 1.807) is 6.20 Å². The van der Waals surface area contributed by atoms with Crippen molar-refractivity contribution < 1.29 is 5.11 Å². The van der Waals surface area contributed by atoms with Gasteiger partial charge in [-0.1, -0.05) is 30.3 Å². The fraction of sp³-hybridized carbons (Fsp3) is 0.263. The fourth-order valence-corrected chi connectivity index (χ4v) is 4.25. The number of nitrogens with zero attached hydrogens (tertiary/aromatic N) is 3. The lowest BCUT2D eigenvalue weighted by atomic mass is 9.78. The van der Waals surface area contributed by atoms with Crippen LogP contribution in [0.5, 0.6) is 0 Å². The zero-order valence-corrected chi connectivity index (χ0v) is 12.6.